The van der Waals surface area contributed by atoms with Crippen LogP contribution in [0.3, 0.4) is 0 Å². The summed E-state index contributed by atoms with van der Waals surface area (Å²) >= 11 is 7.98. The fourth-order valence-electron chi connectivity index (χ4n) is 3.75. The first-order chi connectivity index (χ1) is 10.2. The number of benzene rings is 1. The SMILES string of the molecule is OC(CCCl)(c1ccccc1)C1CCOC2(CCSC2)C1. The minimum absolute atomic E-state index is 0.0113. The smallest absolute Gasteiger partial charge is 0.0937 e. The largest absolute Gasteiger partial charge is 0.385 e. The molecular formula is C17H23ClO2S. The highest BCUT2D eigenvalue weighted by molar-refractivity contribution is 7.99. The van der Waals surface area contributed by atoms with Crippen molar-refractivity contribution in [1.82, 2.24) is 0 Å². The zero-order valence-corrected chi connectivity index (χ0v) is 13.8. The quantitative estimate of drug-likeness (QED) is 0.853. The number of aliphatic hydroxyl groups is 1. The molecule has 2 saturated heterocycles. The Morgan fingerprint density at radius 1 is 1.38 bits per heavy atom. The zero-order valence-electron chi connectivity index (χ0n) is 12.3. The summed E-state index contributed by atoms with van der Waals surface area (Å²) in [7, 11) is 0. The summed E-state index contributed by atoms with van der Waals surface area (Å²) in [5.74, 6) is 2.94. The lowest BCUT2D eigenvalue weighted by atomic mass is 9.71. The van der Waals surface area contributed by atoms with Crippen LogP contribution < -0.4 is 0 Å². The first kappa shape index (κ1) is 15.7. The Balaban J connectivity index is 1.86. The van der Waals surface area contributed by atoms with Crippen LogP contribution in [0.4, 0.5) is 0 Å². The van der Waals surface area contributed by atoms with Gasteiger partial charge in [-0.05, 0) is 42.9 Å². The maximum atomic E-state index is 11.4. The molecule has 2 aliphatic heterocycles. The molecule has 2 heterocycles. The van der Waals surface area contributed by atoms with Crippen LogP contribution in [0.25, 0.3) is 0 Å². The maximum Gasteiger partial charge on any atom is 0.0937 e. The van der Waals surface area contributed by atoms with Crippen molar-refractivity contribution in [2.75, 3.05) is 24.0 Å². The lowest BCUT2D eigenvalue weighted by molar-refractivity contribution is -0.136. The lowest BCUT2D eigenvalue weighted by Gasteiger charge is -2.45. The number of hydrogen-bond donors (Lipinski definition) is 1. The average molecular weight is 327 g/mol. The molecule has 0 aliphatic carbocycles. The molecule has 4 heteroatoms. The summed E-state index contributed by atoms with van der Waals surface area (Å²) < 4.78 is 6.10. The number of rotatable bonds is 4. The summed E-state index contributed by atoms with van der Waals surface area (Å²) in [6, 6.07) is 10.0. The molecule has 0 saturated carbocycles. The second-order valence-corrected chi connectivity index (χ2v) is 7.74. The van der Waals surface area contributed by atoms with Gasteiger partial charge in [0.25, 0.3) is 0 Å². The van der Waals surface area contributed by atoms with Crippen molar-refractivity contribution in [2.45, 2.75) is 36.9 Å². The molecule has 1 aromatic rings. The van der Waals surface area contributed by atoms with E-state index in [0.29, 0.717) is 12.3 Å². The van der Waals surface area contributed by atoms with Gasteiger partial charge in [0.05, 0.1) is 11.2 Å². The van der Waals surface area contributed by atoms with Crippen LogP contribution in [0.2, 0.25) is 0 Å². The average Bonchev–Trinajstić information content (AvgIpc) is 2.96. The number of hydrogen-bond acceptors (Lipinski definition) is 3. The van der Waals surface area contributed by atoms with E-state index < -0.39 is 5.60 Å². The lowest BCUT2D eigenvalue weighted by Crippen LogP contribution is -2.47. The molecule has 21 heavy (non-hydrogen) atoms. The maximum absolute atomic E-state index is 11.4. The fraction of sp³-hybridized carbons (Fsp3) is 0.647. The van der Waals surface area contributed by atoms with Crippen molar-refractivity contribution in [3.63, 3.8) is 0 Å². The van der Waals surface area contributed by atoms with Gasteiger partial charge in [-0.15, -0.1) is 11.6 Å². The molecule has 1 spiro atoms. The predicted molar refractivity (Wildman–Crippen MR) is 89.0 cm³/mol. The number of halogens is 1. The minimum Gasteiger partial charge on any atom is -0.385 e. The van der Waals surface area contributed by atoms with Gasteiger partial charge in [0.2, 0.25) is 0 Å². The molecule has 3 rings (SSSR count). The van der Waals surface area contributed by atoms with Crippen LogP contribution in [-0.2, 0) is 10.3 Å². The number of alkyl halides is 1. The van der Waals surface area contributed by atoms with Gasteiger partial charge in [0.15, 0.2) is 0 Å². The molecule has 2 aliphatic rings. The van der Waals surface area contributed by atoms with Gasteiger partial charge in [-0.3, -0.25) is 0 Å². The van der Waals surface area contributed by atoms with Crippen molar-refractivity contribution in [3.8, 4) is 0 Å². The summed E-state index contributed by atoms with van der Waals surface area (Å²) in [4.78, 5) is 0. The van der Waals surface area contributed by atoms with E-state index in [-0.39, 0.29) is 11.5 Å². The Morgan fingerprint density at radius 3 is 2.86 bits per heavy atom. The van der Waals surface area contributed by atoms with Crippen molar-refractivity contribution in [3.05, 3.63) is 35.9 Å². The minimum atomic E-state index is -0.826. The zero-order chi connectivity index (χ0) is 14.8. The summed E-state index contributed by atoms with van der Waals surface area (Å²) in [5.41, 5.74) is 0.161. The van der Waals surface area contributed by atoms with E-state index in [9.17, 15) is 5.11 Å². The number of ether oxygens (including phenoxy) is 1. The molecule has 116 valence electrons. The molecule has 1 aromatic carbocycles. The molecule has 3 unspecified atom stereocenters. The summed E-state index contributed by atoms with van der Waals surface area (Å²) in [6.07, 6.45) is 3.57. The van der Waals surface area contributed by atoms with Crippen LogP contribution >= 0.6 is 23.4 Å². The monoisotopic (exact) mass is 326 g/mol. The Bertz CT molecular complexity index is 461. The van der Waals surface area contributed by atoms with E-state index in [1.165, 1.54) is 5.75 Å². The Hall–Kier alpha value is -0.220. The summed E-state index contributed by atoms with van der Waals surface area (Å²) in [6.45, 7) is 0.753. The third-order valence-electron chi connectivity index (χ3n) is 4.98. The van der Waals surface area contributed by atoms with E-state index in [2.05, 4.69) is 0 Å². The number of thioether (sulfide) groups is 1. The van der Waals surface area contributed by atoms with Gasteiger partial charge in [0, 0.05) is 18.2 Å². The molecule has 0 bridgehead atoms. The topological polar surface area (TPSA) is 29.5 Å². The van der Waals surface area contributed by atoms with E-state index >= 15 is 0 Å². The van der Waals surface area contributed by atoms with Crippen LogP contribution in [0.1, 0.15) is 31.2 Å². The summed E-state index contributed by atoms with van der Waals surface area (Å²) in [5, 5.41) is 11.4. The van der Waals surface area contributed by atoms with Gasteiger partial charge < -0.3 is 9.84 Å². The molecule has 3 atom stereocenters. The van der Waals surface area contributed by atoms with Crippen molar-refractivity contribution in [2.24, 2.45) is 5.92 Å². The fourth-order valence-corrected chi connectivity index (χ4v) is 5.42. The Kier molecular flexibility index (Phi) is 4.84. The first-order valence-corrected chi connectivity index (χ1v) is 9.43. The highest BCUT2D eigenvalue weighted by atomic mass is 35.5. The molecule has 0 amide bonds. The van der Waals surface area contributed by atoms with Crippen molar-refractivity contribution >= 4 is 23.4 Å². The van der Waals surface area contributed by atoms with Gasteiger partial charge in [0.1, 0.15) is 0 Å². The van der Waals surface area contributed by atoms with Gasteiger partial charge in [-0.25, -0.2) is 0 Å². The second-order valence-electron chi connectivity index (χ2n) is 6.25. The van der Waals surface area contributed by atoms with Gasteiger partial charge in [-0.1, -0.05) is 30.3 Å². The molecule has 2 fully saturated rings. The van der Waals surface area contributed by atoms with E-state index in [1.807, 2.05) is 42.1 Å². The molecule has 1 N–H and O–H groups in total. The van der Waals surface area contributed by atoms with E-state index in [0.717, 1.165) is 37.2 Å². The van der Waals surface area contributed by atoms with Crippen LogP contribution in [0.15, 0.2) is 30.3 Å². The van der Waals surface area contributed by atoms with Crippen molar-refractivity contribution in [1.29, 1.82) is 0 Å². The molecule has 2 nitrogen and oxygen atoms in total. The third-order valence-corrected chi connectivity index (χ3v) is 6.40. The Labute approximate surface area is 136 Å². The molecule has 0 aromatic heterocycles. The van der Waals surface area contributed by atoms with E-state index in [1.54, 1.807) is 0 Å². The molecular weight excluding hydrogens is 304 g/mol. The van der Waals surface area contributed by atoms with Crippen LogP contribution in [0.5, 0.6) is 0 Å². The first-order valence-electron chi connectivity index (χ1n) is 7.74. The second kappa shape index (κ2) is 6.49. The standard InChI is InChI=1S/C17H23ClO2S/c18-9-7-17(19,14-4-2-1-3-5-14)15-6-10-20-16(12-15)8-11-21-13-16/h1-5,15,19H,6-13H2. The van der Waals surface area contributed by atoms with Crippen LogP contribution in [-0.4, -0.2) is 34.7 Å². The highest BCUT2D eigenvalue weighted by Crippen LogP contribution is 2.47. The van der Waals surface area contributed by atoms with Crippen LogP contribution in [0, 0.1) is 5.92 Å². The van der Waals surface area contributed by atoms with Gasteiger partial charge >= 0.3 is 0 Å². The molecule has 0 radical (unpaired) electrons. The van der Waals surface area contributed by atoms with Gasteiger partial charge in [-0.2, -0.15) is 11.8 Å². The third kappa shape index (κ3) is 3.12. The predicted octanol–water partition coefficient (Wildman–Crippen LogP) is 3.81. The normalized spacial score (nSPS) is 32.2. The van der Waals surface area contributed by atoms with Crippen molar-refractivity contribution < 1.29 is 9.84 Å². The van der Waals surface area contributed by atoms with E-state index in [4.69, 9.17) is 16.3 Å². The Morgan fingerprint density at radius 2 is 2.19 bits per heavy atom. The highest BCUT2D eigenvalue weighted by Gasteiger charge is 2.47.